The Labute approximate surface area is 133 Å². The maximum Gasteiger partial charge on any atom is 0.230 e. The number of methoxy groups -OCH3 is 2. The second-order valence-corrected chi connectivity index (χ2v) is 6.50. The molecule has 1 fully saturated rings. The van der Waals surface area contributed by atoms with Gasteiger partial charge in [0.05, 0.1) is 19.6 Å². The molecule has 0 aromatic heterocycles. The second kappa shape index (κ2) is 7.03. The minimum Gasteiger partial charge on any atom is -0.493 e. The molecule has 22 heavy (non-hydrogen) atoms. The standard InChI is InChI=1S/C18H27NO3/c1-18(2,17(20)19-14-8-6-5-7-9-14)13-10-11-15(21-3)16(12-13)22-4/h10-12,14H,5-9H2,1-4H3,(H,19,20). The van der Waals surface area contributed by atoms with Gasteiger partial charge in [0.15, 0.2) is 11.5 Å². The van der Waals surface area contributed by atoms with Crippen LogP contribution in [0.4, 0.5) is 0 Å². The maximum atomic E-state index is 12.7. The van der Waals surface area contributed by atoms with Gasteiger partial charge in [0.1, 0.15) is 0 Å². The molecule has 1 aromatic carbocycles. The zero-order chi connectivity index (χ0) is 16.2. The second-order valence-electron chi connectivity index (χ2n) is 6.50. The first-order chi connectivity index (χ1) is 10.5. The molecule has 0 aliphatic heterocycles. The van der Waals surface area contributed by atoms with Crippen molar-refractivity contribution in [1.82, 2.24) is 5.32 Å². The highest BCUT2D eigenvalue weighted by Crippen LogP contribution is 2.33. The summed E-state index contributed by atoms with van der Waals surface area (Å²) < 4.78 is 10.6. The average Bonchev–Trinajstić information content (AvgIpc) is 2.54. The highest BCUT2D eigenvalue weighted by molar-refractivity contribution is 5.87. The lowest BCUT2D eigenvalue weighted by Gasteiger charge is -2.30. The van der Waals surface area contributed by atoms with Crippen molar-refractivity contribution in [3.63, 3.8) is 0 Å². The number of benzene rings is 1. The summed E-state index contributed by atoms with van der Waals surface area (Å²) in [6.07, 6.45) is 5.89. The van der Waals surface area contributed by atoms with E-state index in [1.54, 1.807) is 14.2 Å². The summed E-state index contributed by atoms with van der Waals surface area (Å²) in [7, 11) is 3.22. The normalized spacial score (nSPS) is 16.2. The molecule has 122 valence electrons. The molecule has 1 aliphatic carbocycles. The molecule has 0 spiro atoms. The molecule has 1 aliphatic rings. The highest BCUT2D eigenvalue weighted by Gasteiger charge is 2.32. The Bertz CT molecular complexity index is 519. The van der Waals surface area contributed by atoms with Crippen LogP contribution in [0.3, 0.4) is 0 Å². The van der Waals surface area contributed by atoms with Crippen molar-refractivity contribution < 1.29 is 14.3 Å². The zero-order valence-corrected chi connectivity index (χ0v) is 14.1. The van der Waals surface area contributed by atoms with E-state index in [4.69, 9.17) is 9.47 Å². The highest BCUT2D eigenvalue weighted by atomic mass is 16.5. The summed E-state index contributed by atoms with van der Waals surface area (Å²) in [6.45, 7) is 3.90. The van der Waals surface area contributed by atoms with Gasteiger partial charge in [-0.05, 0) is 44.4 Å². The zero-order valence-electron chi connectivity index (χ0n) is 14.1. The molecule has 0 bridgehead atoms. The predicted molar refractivity (Wildman–Crippen MR) is 87.6 cm³/mol. The van der Waals surface area contributed by atoms with Crippen molar-refractivity contribution in [1.29, 1.82) is 0 Å². The number of ether oxygens (including phenoxy) is 2. The molecule has 0 unspecified atom stereocenters. The lowest BCUT2D eigenvalue weighted by Crippen LogP contribution is -2.45. The summed E-state index contributed by atoms with van der Waals surface area (Å²) >= 11 is 0. The van der Waals surface area contributed by atoms with E-state index in [2.05, 4.69) is 5.32 Å². The number of rotatable bonds is 5. The first-order valence-electron chi connectivity index (χ1n) is 8.02. The summed E-state index contributed by atoms with van der Waals surface area (Å²) in [5, 5.41) is 3.21. The summed E-state index contributed by atoms with van der Waals surface area (Å²) in [5.74, 6) is 1.40. The molecule has 1 amide bonds. The van der Waals surface area contributed by atoms with Gasteiger partial charge < -0.3 is 14.8 Å². The van der Waals surface area contributed by atoms with Crippen LogP contribution in [0, 0.1) is 0 Å². The first-order valence-corrected chi connectivity index (χ1v) is 8.02. The van der Waals surface area contributed by atoms with Gasteiger partial charge >= 0.3 is 0 Å². The number of hydrogen-bond acceptors (Lipinski definition) is 3. The van der Waals surface area contributed by atoms with E-state index < -0.39 is 5.41 Å². The minimum absolute atomic E-state index is 0.0756. The smallest absolute Gasteiger partial charge is 0.230 e. The molecular formula is C18H27NO3. The third kappa shape index (κ3) is 3.54. The van der Waals surface area contributed by atoms with Crippen LogP contribution in [0.15, 0.2) is 18.2 Å². The van der Waals surface area contributed by atoms with Crippen molar-refractivity contribution in [3.8, 4) is 11.5 Å². The van der Waals surface area contributed by atoms with Crippen molar-refractivity contribution in [2.24, 2.45) is 0 Å². The van der Waals surface area contributed by atoms with E-state index in [1.807, 2.05) is 32.0 Å². The average molecular weight is 305 g/mol. The Morgan fingerprint density at radius 1 is 1.09 bits per heavy atom. The monoisotopic (exact) mass is 305 g/mol. The van der Waals surface area contributed by atoms with Gasteiger partial charge in [-0.15, -0.1) is 0 Å². The fourth-order valence-corrected chi connectivity index (χ4v) is 2.97. The van der Waals surface area contributed by atoms with Gasteiger partial charge in [0.25, 0.3) is 0 Å². The van der Waals surface area contributed by atoms with Crippen molar-refractivity contribution in [2.45, 2.75) is 57.4 Å². The molecule has 4 heteroatoms. The number of carbonyl (C=O) groups is 1. The summed E-state index contributed by atoms with van der Waals surface area (Å²) in [4.78, 5) is 12.7. The van der Waals surface area contributed by atoms with Crippen LogP contribution in [0.1, 0.15) is 51.5 Å². The van der Waals surface area contributed by atoms with Crippen LogP contribution in [0.5, 0.6) is 11.5 Å². The minimum atomic E-state index is -0.600. The van der Waals surface area contributed by atoms with Gasteiger partial charge in [-0.25, -0.2) is 0 Å². The maximum absolute atomic E-state index is 12.7. The largest absolute Gasteiger partial charge is 0.493 e. The quantitative estimate of drug-likeness (QED) is 0.906. The molecule has 1 N–H and O–H groups in total. The Hall–Kier alpha value is -1.71. The van der Waals surface area contributed by atoms with Crippen LogP contribution < -0.4 is 14.8 Å². The van der Waals surface area contributed by atoms with Crippen molar-refractivity contribution in [3.05, 3.63) is 23.8 Å². The predicted octanol–water partition coefficient (Wildman–Crippen LogP) is 3.43. The van der Waals surface area contributed by atoms with Crippen molar-refractivity contribution >= 4 is 5.91 Å². The Morgan fingerprint density at radius 2 is 1.73 bits per heavy atom. The topological polar surface area (TPSA) is 47.6 Å². The van der Waals surface area contributed by atoms with E-state index in [0.717, 1.165) is 18.4 Å². The molecule has 0 radical (unpaired) electrons. The Balaban J connectivity index is 2.15. The van der Waals surface area contributed by atoms with E-state index >= 15 is 0 Å². The van der Waals surface area contributed by atoms with Crippen LogP contribution in [0.2, 0.25) is 0 Å². The van der Waals surface area contributed by atoms with E-state index in [-0.39, 0.29) is 5.91 Å². The molecule has 4 nitrogen and oxygen atoms in total. The lowest BCUT2D eigenvalue weighted by atomic mass is 9.82. The van der Waals surface area contributed by atoms with Gasteiger partial charge in [-0.3, -0.25) is 4.79 Å². The third-order valence-electron chi connectivity index (χ3n) is 4.61. The Kier molecular flexibility index (Phi) is 5.33. The van der Waals surface area contributed by atoms with Crippen LogP contribution in [-0.2, 0) is 10.2 Å². The molecule has 0 saturated heterocycles. The Morgan fingerprint density at radius 3 is 2.32 bits per heavy atom. The molecule has 1 saturated carbocycles. The van der Waals surface area contributed by atoms with E-state index in [1.165, 1.54) is 19.3 Å². The van der Waals surface area contributed by atoms with Gasteiger partial charge in [0, 0.05) is 6.04 Å². The van der Waals surface area contributed by atoms with Gasteiger partial charge in [0.2, 0.25) is 5.91 Å². The van der Waals surface area contributed by atoms with Crippen LogP contribution in [0.25, 0.3) is 0 Å². The van der Waals surface area contributed by atoms with E-state index in [9.17, 15) is 4.79 Å². The number of hydrogen-bond donors (Lipinski definition) is 1. The fraction of sp³-hybridized carbons (Fsp3) is 0.611. The van der Waals surface area contributed by atoms with Crippen molar-refractivity contribution in [2.75, 3.05) is 14.2 Å². The summed E-state index contributed by atoms with van der Waals surface area (Å²) in [5.41, 5.74) is 0.329. The molecular weight excluding hydrogens is 278 g/mol. The lowest BCUT2D eigenvalue weighted by molar-refractivity contribution is -0.126. The van der Waals surface area contributed by atoms with Crippen LogP contribution >= 0.6 is 0 Å². The fourth-order valence-electron chi connectivity index (χ4n) is 2.97. The van der Waals surface area contributed by atoms with Gasteiger partial charge in [-0.1, -0.05) is 25.3 Å². The molecule has 0 atom stereocenters. The SMILES string of the molecule is COc1ccc(C(C)(C)C(=O)NC2CCCCC2)cc1OC. The third-order valence-corrected chi connectivity index (χ3v) is 4.61. The summed E-state index contributed by atoms with van der Waals surface area (Å²) in [6, 6.07) is 5.99. The number of amides is 1. The van der Waals surface area contributed by atoms with E-state index in [0.29, 0.717) is 17.5 Å². The number of nitrogens with one attached hydrogen (secondary N) is 1. The number of carbonyl (C=O) groups excluding carboxylic acids is 1. The van der Waals surface area contributed by atoms with Crippen LogP contribution in [-0.4, -0.2) is 26.2 Å². The molecule has 2 rings (SSSR count). The van der Waals surface area contributed by atoms with Gasteiger partial charge in [-0.2, -0.15) is 0 Å². The first kappa shape index (κ1) is 16.7. The molecule has 0 heterocycles. The molecule has 1 aromatic rings.